The molecule has 0 spiro atoms. The first kappa shape index (κ1) is 16.9. The Kier molecular flexibility index (Phi) is 3.88. The van der Waals surface area contributed by atoms with E-state index in [9.17, 15) is 26.7 Å². The zero-order chi connectivity index (χ0) is 17.7. The van der Waals surface area contributed by atoms with E-state index in [2.05, 4.69) is 5.10 Å². The topological polar surface area (TPSA) is 32.7 Å². The highest BCUT2D eigenvalue weighted by Gasteiger charge is 2.53. The van der Waals surface area contributed by atoms with E-state index in [1.165, 1.54) is 17.1 Å². The average Bonchev–Trinajstić information content (AvgIpc) is 2.84. The summed E-state index contributed by atoms with van der Waals surface area (Å²) in [6.45, 7) is 1.61. The van der Waals surface area contributed by atoms with Crippen molar-refractivity contribution in [3.8, 4) is 0 Å². The number of ketones is 1. The summed E-state index contributed by atoms with van der Waals surface area (Å²) in [6.07, 6.45) is -4.22. The van der Waals surface area contributed by atoms with Gasteiger partial charge in [0.1, 0.15) is 6.04 Å². The van der Waals surface area contributed by atoms with Crippen LogP contribution >= 0.6 is 0 Å². The van der Waals surface area contributed by atoms with E-state index >= 15 is 0 Å². The molecule has 3 nitrogen and oxygen atoms in total. The minimum absolute atomic E-state index is 0.327. The first-order valence-corrected chi connectivity index (χ1v) is 7.50. The molecule has 1 aromatic carbocycles. The molecule has 24 heavy (non-hydrogen) atoms. The molecule has 1 unspecified atom stereocenters. The Hall–Kier alpha value is -1.99. The molecule has 130 valence electrons. The fraction of sp³-hybridized carbons (Fsp3) is 0.500. The van der Waals surface area contributed by atoms with E-state index in [-0.39, 0.29) is 5.78 Å². The molecule has 0 saturated heterocycles. The summed E-state index contributed by atoms with van der Waals surface area (Å²) in [5.74, 6) is -3.70. The van der Waals surface area contributed by atoms with E-state index in [0.29, 0.717) is 5.56 Å². The molecule has 2 aliphatic rings. The van der Waals surface area contributed by atoms with Crippen molar-refractivity contribution in [1.82, 2.24) is 5.01 Å². The molecule has 1 saturated carbocycles. The smallest absolute Gasteiger partial charge is 0.291 e. The second-order valence-corrected chi connectivity index (χ2v) is 6.30. The van der Waals surface area contributed by atoms with Crippen molar-refractivity contribution >= 4 is 12.0 Å². The van der Waals surface area contributed by atoms with Gasteiger partial charge in [-0.3, -0.25) is 9.80 Å². The summed E-state index contributed by atoms with van der Waals surface area (Å²) in [5, 5.41) is 5.29. The summed E-state index contributed by atoms with van der Waals surface area (Å²) in [4.78, 5) is 12.0. The van der Waals surface area contributed by atoms with Crippen molar-refractivity contribution in [2.24, 2.45) is 11.0 Å². The second-order valence-electron chi connectivity index (χ2n) is 6.30. The predicted molar refractivity (Wildman–Crippen MR) is 76.7 cm³/mol. The lowest BCUT2D eigenvalue weighted by atomic mass is 9.75. The highest BCUT2D eigenvalue weighted by molar-refractivity contribution is 6.31. The van der Waals surface area contributed by atoms with Crippen LogP contribution in [-0.4, -0.2) is 29.0 Å². The van der Waals surface area contributed by atoms with E-state index in [4.69, 9.17) is 0 Å². The Balaban J connectivity index is 1.82. The van der Waals surface area contributed by atoms with Gasteiger partial charge in [0, 0.05) is 12.8 Å². The van der Waals surface area contributed by atoms with Crippen LogP contribution in [0, 0.1) is 5.92 Å². The molecule has 0 bridgehead atoms. The van der Waals surface area contributed by atoms with Crippen LogP contribution in [0.1, 0.15) is 36.9 Å². The number of carbonyl (C=O) groups is 1. The Labute approximate surface area is 135 Å². The van der Waals surface area contributed by atoms with E-state index in [0.717, 1.165) is 18.3 Å². The number of hydrazone groups is 1. The van der Waals surface area contributed by atoms with Crippen LogP contribution in [-0.2, 0) is 11.0 Å². The van der Waals surface area contributed by atoms with E-state index in [1.54, 1.807) is 6.92 Å². The summed E-state index contributed by atoms with van der Waals surface area (Å²) < 4.78 is 64.7. The molecule has 1 heterocycles. The Bertz CT molecular complexity index is 677. The lowest BCUT2D eigenvalue weighted by molar-refractivity contribution is -0.144. The third-order valence-corrected chi connectivity index (χ3v) is 4.56. The minimum atomic E-state index is -4.48. The maximum Gasteiger partial charge on any atom is 0.416 e. The van der Waals surface area contributed by atoms with Gasteiger partial charge in [0.05, 0.1) is 17.8 Å². The molecule has 1 aliphatic carbocycles. The minimum Gasteiger partial charge on any atom is -0.291 e. The van der Waals surface area contributed by atoms with Crippen molar-refractivity contribution in [3.63, 3.8) is 0 Å². The standard InChI is InChI=1S/C16H15F5N2O/c1-9(10-3-2-4-12(5-10)16(19,20)21)23-14(13(24)8-22-23)11-6-15(17,18)7-11/h2-5,8-9,11,14H,6-7H2,1H3/t9?,14-/m1/s1. The first-order valence-electron chi connectivity index (χ1n) is 7.50. The number of benzene rings is 1. The molecule has 1 fully saturated rings. The number of alkyl halides is 5. The van der Waals surface area contributed by atoms with Gasteiger partial charge in [-0.05, 0) is 30.5 Å². The van der Waals surface area contributed by atoms with Crippen molar-refractivity contribution in [1.29, 1.82) is 0 Å². The number of hydrogen-bond donors (Lipinski definition) is 0. The van der Waals surface area contributed by atoms with E-state index < -0.39 is 48.5 Å². The molecular formula is C16H15F5N2O. The first-order chi connectivity index (χ1) is 11.1. The Morgan fingerprint density at radius 1 is 1.29 bits per heavy atom. The van der Waals surface area contributed by atoms with Gasteiger partial charge < -0.3 is 0 Å². The average molecular weight is 346 g/mol. The van der Waals surface area contributed by atoms with Gasteiger partial charge in [-0.15, -0.1) is 0 Å². The maximum absolute atomic E-state index is 13.1. The summed E-state index contributed by atoms with van der Waals surface area (Å²) >= 11 is 0. The van der Waals surface area contributed by atoms with Gasteiger partial charge >= 0.3 is 6.18 Å². The van der Waals surface area contributed by atoms with E-state index in [1.807, 2.05) is 0 Å². The fourth-order valence-electron chi connectivity index (χ4n) is 3.25. The van der Waals surface area contributed by atoms with Crippen LogP contribution in [0.25, 0.3) is 0 Å². The molecule has 0 N–H and O–H groups in total. The molecule has 1 aromatic rings. The number of Topliss-reactive ketones (excluding diaryl/α,β-unsaturated/α-hetero) is 1. The number of rotatable bonds is 3. The van der Waals surface area contributed by atoms with Crippen LogP contribution in [0.5, 0.6) is 0 Å². The molecule has 0 amide bonds. The zero-order valence-corrected chi connectivity index (χ0v) is 12.7. The van der Waals surface area contributed by atoms with Crippen LogP contribution in [0.2, 0.25) is 0 Å². The lowest BCUT2D eigenvalue weighted by Crippen LogP contribution is -2.50. The Morgan fingerprint density at radius 2 is 1.96 bits per heavy atom. The lowest BCUT2D eigenvalue weighted by Gasteiger charge is -2.42. The third-order valence-electron chi connectivity index (χ3n) is 4.56. The highest BCUT2D eigenvalue weighted by atomic mass is 19.4. The molecule has 8 heteroatoms. The number of halogens is 5. The van der Waals surface area contributed by atoms with Gasteiger partial charge in [0.25, 0.3) is 0 Å². The van der Waals surface area contributed by atoms with Gasteiger partial charge in [0.2, 0.25) is 5.92 Å². The summed E-state index contributed by atoms with van der Waals surface area (Å²) in [5.41, 5.74) is -0.471. The monoisotopic (exact) mass is 346 g/mol. The van der Waals surface area contributed by atoms with Gasteiger partial charge in [-0.2, -0.15) is 18.3 Å². The normalized spacial score (nSPS) is 25.0. The highest BCUT2D eigenvalue weighted by Crippen LogP contribution is 2.47. The van der Waals surface area contributed by atoms with Gasteiger partial charge in [-0.1, -0.05) is 12.1 Å². The largest absolute Gasteiger partial charge is 0.416 e. The quantitative estimate of drug-likeness (QED) is 0.774. The van der Waals surface area contributed by atoms with Gasteiger partial charge in [-0.25, -0.2) is 8.78 Å². The van der Waals surface area contributed by atoms with Gasteiger partial charge in [0.15, 0.2) is 5.78 Å². The van der Waals surface area contributed by atoms with Crippen LogP contribution < -0.4 is 0 Å². The predicted octanol–water partition coefficient (Wildman–Crippen LogP) is 4.05. The van der Waals surface area contributed by atoms with Crippen LogP contribution in [0.4, 0.5) is 22.0 Å². The molecular weight excluding hydrogens is 331 g/mol. The van der Waals surface area contributed by atoms with Crippen molar-refractivity contribution in [2.45, 2.75) is 43.9 Å². The summed E-state index contributed by atoms with van der Waals surface area (Å²) in [6, 6.07) is 3.27. The number of carbonyl (C=O) groups excluding carboxylic acids is 1. The molecule has 2 atom stereocenters. The fourth-order valence-corrected chi connectivity index (χ4v) is 3.25. The zero-order valence-electron chi connectivity index (χ0n) is 12.7. The molecule has 3 rings (SSSR count). The molecule has 0 aromatic heterocycles. The Morgan fingerprint density at radius 3 is 2.54 bits per heavy atom. The second kappa shape index (κ2) is 5.53. The third kappa shape index (κ3) is 3.01. The van der Waals surface area contributed by atoms with Crippen molar-refractivity contribution in [3.05, 3.63) is 35.4 Å². The number of nitrogens with zero attached hydrogens (tertiary/aromatic N) is 2. The SMILES string of the molecule is CC(c1cccc(C(F)(F)F)c1)N1N=CC(=O)[C@H]1C1CC(F)(F)C1. The molecule has 1 aliphatic heterocycles. The van der Waals surface area contributed by atoms with Crippen LogP contribution in [0.3, 0.4) is 0 Å². The summed E-state index contributed by atoms with van der Waals surface area (Å²) in [7, 11) is 0. The number of hydrogen-bond acceptors (Lipinski definition) is 3. The van der Waals surface area contributed by atoms with Crippen LogP contribution in [0.15, 0.2) is 29.4 Å². The maximum atomic E-state index is 13.1. The van der Waals surface area contributed by atoms with Crippen molar-refractivity contribution < 1.29 is 26.7 Å². The molecule has 0 radical (unpaired) electrons. The van der Waals surface area contributed by atoms with Crippen molar-refractivity contribution in [2.75, 3.05) is 0 Å².